The van der Waals surface area contributed by atoms with Crippen LogP contribution in [0.2, 0.25) is 0 Å². The van der Waals surface area contributed by atoms with E-state index in [4.69, 9.17) is 10.8 Å². The summed E-state index contributed by atoms with van der Waals surface area (Å²) in [4.78, 5) is 3.82. The van der Waals surface area contributed by atoms with Crippen LogP contribution in [0, 0.1) is 0 Å². The van der Waals surface area contributed by atoms with Crippen LogP contribution in [0.5, 0.6) is 5.75 Å². The van der Waals surface area contributed by atoms with Gasteiger partial charge in [-0.25, -0.2) is 0 Å². The Balaban J connectivity index is 0. The van der Waals surface area contributed by atoms with Crippen LogP contribution >= 0.6 is 24.8 Å². The smallest absolute Gasteiger partial charge is 0.133 e. The van der Waals surface area contributed by atoms with Crippen LogP contribution in [-0.2, 0) is 6.54 Å². The van der Waals surface area contributed by atoms with Gasteiger partial charge >= 0.3 is 0 Å². The number of aromatic nitrogens is 1. The Morgan fingerprint density at radius 3 is 2.36 bits per heavy atom. The lowest BCUT2D eigenvalue weighted by Gasteiger charge is -1.92. The van der Waals surface area contributed by atoms with Crippen LogP contribution in [0.4, 0.5) is 0 Å². The number of hydrogen-bond donors (Lipinski definition) is 2. The molecule has 0 spiro atoms. The highest BCUT2D eigenvalue weighted by Gasteiger charge is 1.88. The Kier molecular flexibility index (Phi) is 7.41. The van der Waals surface area contributed by atoms with Gasteiger partial charge in [0, 0.05) is 6.54 Å². The molecule has 3 nitrogen and oxygen atoms in total. The van der Waals surface area contributed by atoms with E-state index in [9.17, 15) is 0 Å². The highest BCUT2D eigenvalue weighted by molar-refractivity contribution is 5.85. The Bertz CT molecular complexity index is 190. The predicted octanol–water partition coefficient (Wildman–Crippen LogP) is 1.09. The van der Waals surface area contributed by atoms with Crippen molar-refractivity contribution in [3.8, 4) is 5.75 Å². The summed E-state index contributed by atoms with van der Waals surface area (Å²) >= 11 is 0. The number of rotatable bonds is 1. The van der Waals surface area contributed by atoms with Crippen LogP contribution in [0.25, 0.3) is 0 Å². The van der Waals surface area contributed by atoms with Gasteiger partial charge in [-0.3, -0.25) is 4.98 Å². The molecule has 0 saturated carbocycles. The summed E-state index contributed by atoms with van der Waals surface area (Å²) < 4.78 is 0. The molecule has 0 aromatic carbocycles. The van der Waals surface area contributed by atoms with E-state index in [-0.39, 0.29) is 30.6 Å². The first-order chi connectivity index (χ1) is 4.33. The molecule has 0 radical (unpaired) electrons. The number of nitrogens with two attached hydrogens (primary N) is 1. The van der Waals surface area contributed by atoms with Gasteiger partial charge in [0.25, 0.3) is 0 Å². The molecule has 0 aliphatic rings. The second kappa shape index (κ2) is 6.22. The van der Waals surface area contributed by atoms with Crippen molar-refractivity contribution in [2.75, 3.05) is 0 Å². The molecule has 0 amide bonds. The summed E-state index contributed by atoms with van der Waals surface area (Å²) in [5.41, 5.74) is 6.04. The maximum atomic E-state index is 8.75. The van der Waals surface area contributed by atoms with Crippen molar-refractivity contribution < 1.29 is 5.11 Å². The Morgan fingerprint density at radius 1 is 1.36 bits per heavy atom. The van der Waals surface area contributed by atoms with Gasteiger partial charge in [-0.2, -0.15) is 0 Å². The first kappa shape index (κ1) is 13.1. The highest BCUT2D eigenvalue weighted by atomic mass is 35.5. The molecule has 0 bridgehead atoms. The van der Waals surface area contributed by atoms with E-state index in [2.05, 4.69) is 4.98 Å². The van der Waals surface area contributed by atoms with E-state index in [1.807, 2.05) is 0 Å². The van der Waals surface area contributed by atoms with E-state index in [1.54, 1.807) is 12.1 Å². The standard InChI is InChI=1S/C6H8N2O.2ClH/c7-3-5-1-2-6(9)4-8-5;;/h1-2,4,9H,3,7H2;2*1H. The van der Waals surface area contributed by atoms with Gasteiger partial charge in [0.15, 0.2) is 0 Å². The summed E-state index contributed by atoms with van der Waals surface area (Å²) in [6.45, 7) is 0.417. The Labute approximate surface area is 77.5 Å². The summed E-state index contributed by atoms with van der Waals surface area (Å²) in [5, 5.41) is 8.75. The van der Waals surface area contributed by atoms with Gasteiger partial charge in [-0.15, -0.1) is 24.8 Å². The van der Waals surface area contributed by atoms with Crippen LogP contribution in [0.1, 0.15) is 5.69 Å². The zero-order chi connectivity index (χ0) is 6.69. The molecule has 0 atom stereocenters. The van der Waals surface area contributed by atoms with E-state index >= 15 is 0 Å². The lowest BCUT2D eigenvalue weighted by Crippen LogP contribution is -1.97. The Morgan fingerprint density at radius 2 is 2.00 bits per heavy atom. The van der Waals surface area contributed by atoms with Gasteiger partial charge in [0.05, 0.1) is 11.9 Å². The van der Waals surface area contributed by atoms with Crippen molar-refractivity contribution in [2.45, 2.75) is 6.54 Å². The lowest BCUT2D eigenvalue weighted by molar-refractivity contribution is 0.472. The molecule has 3 N–H and O–H groups in total. The van der Waals surface area contributed by atoms with E-state index in [0.29, 0.717) is 6.54 Å². The SMILES string of the molecule is Cl.Cl.NCc1ccc(O)cn1. The maximum absolute atomic E-state index is 8.75. The summed E-state index contributed by atoms with van der Waals surface area (Å²) in [7, 11) is 0. The van der Waals surface area contributed by atoms with E-state index in [1.165, 1.54) is 6.20 Å². The molecule has 1 heterocycles. The molecule has 1 aromatic rings. The van der Waals surface area contributed by atoms with Crippen molar-refractivity contribution >= 4 is 24.8 Å². The summed E-state index contributed by atoms with van der Waals surface area (Å²) in [5.74, 6) is 0.173. The van der Waals surface area contributed by atoms with Crippen LogP contribution in [0.15, 0.2) is 18.3 Å². The number of aromatic hydroxyl groups is 1. The Hall–Kier alpha value is -0.510. The van der Waals surface area contributed by atoms with Gasteiger partial charge in [-0.1, -0.05) is 0 Å². The molecule has 64 valence electrons. The number of pyridine rings is 1. The molecular weight excluding hydrogens is 187 g/mol. The minimum atomic E-state index is 0. The van der Waals surface area contributed by atoms with Crippen LogP contribution < -0.4 is 5.73 Å². The largest absolute Gasteiger partial charge is 0.506 e. The fraction of sp³-hybridized carbons (Fsp3) is 0.167. The molecule has 1 rings (SSSR count). The minimum Gasteiger partial charge on any atom is -0.506 e. The fourth-order valence-corrected chi connectivity index (χ4v) is 0.537. The molecule has 5 heteroatoms. The first-order valence-corrected chi connectivity index (χ1v) is 2.67. The minimum absolute atomic E-state index is 0. The average Bonchev–Trinajstić information content (AvgIpc) is 1.90. The third-order valence-corrected chi connectivity index (χ3v) is 1.02. The maximum Gasteiger partial charge on any atom is 0.133 e. The number of nitrogens with zero attached hydrogens (tertiary/aromatic N) is 1. The lowest BCUT2D eigenvalue weighted by atomic mass is 10.3. The highest BCUT2D eigenvalue weighted by Crippen LogP contribution is 2.04. The topological polar surface area (TPSA) is 59.1 Å². The zero-order valence-corrected chi connectivity index (χ0v) is 7.36. The number of halogens is 2. The molecule has 0 aliphatic carbocycles. The van der Waals surface area contributed by atoms with Crippen LogP contribution in [-0.4, -0.2) is 10.1 Å². The molecule has 0 fully saturated rings. The van der Waals surface area contributed by atoms with Crippen molar-refractivity contribution in [1.29, 1.82) is 0 Å². The van der Waals surface area contributed by atoms with Gasteiger partial charge in [0.1, 0.15) is 5.75 Å². The third kappa shape index (κ3) is 4.03. The predicted molar refractivity (Wildman–Crippen MR) is 48.3 cm³/mol. The molecule has 0 unspecified atom stereocenters. The van der Waals surface area contributed by atoms with E-state index in [0.717, 1.165) is 5.69 Å². The monoisotopic (exact) mass is 196 g/mol. The zero-order valence-electron chi connectivity index (χ0n) is 5.73. The van der Waals surface area contributed by atoms with Crippen LogP contribution in [0.3, 0.4) is 0 Å². The average molecular weight is 197 g/mol. The van der Waals surface area contributed by atoms with E-state index < -0.39 is 0 Å². The second-order valence-electron chi connectivity index (χ2n) is 1.71. The molecule has 0 aliphatic heterocycles. The van der Waals surface area contributed by atoms with Crippen molar-refractivity contribution in [3.63, 3.8) is 0 Å². The fourth-order valence-electron chi connectivity index (χ4n) is 0.537. The third-order valence-electron chi connectivity index (χ3n) is 1.02. The molecule has 1 aromatic heterocycles. The molecular formula is C6H10Cl2N2O. The summed E-state index contributed by atoms with van der Waals surface area (Å²) in [6.07, 6.45) is 1.38. The van der Waals surface area contributed by atoms with Gasteiger partial charge in [0.2, 0.25) is 0 Å². The first-order valence-electron chi connectivity index (χ1n) is 2.67. The molecule has 11 heavy (non-hydrogen) atoms. The van der Waals surface area contributed by atoms with Crippen molar-refractivity contribution in [3.05, 3.63) is 24.0 Å². The quantitative estimate of drug-likeness (QED) is 0.708. The second-order valence-corrected chi connectivity index (χ2v) is 1.71. The summed E-state index contributed by atoms with van der Waals surface area (Å²) in [6, 6.07) is 3.25. The van der Waals surface area contributed by atoms with Gasteiger partial charge < -0.3 is 10.8 Å². The normalized spacial score (nSPS) is 7.73. The molecule has 0 saturated heterocycles. The number of hydrogen-bond acceptors (Lipinski definition) is 3. The van der Waals surface area contributed by atoms with Crippen molar-refractivity contribution in [2.24, 2.45) is 5.73 Å². The van der Waals surface area contributed by atoms with Crippen molar-refractivity contribution in [1.82, 2.24) is 4.98 Å². The van der Waals surface area contributed by atoms with Gasteiger partial charge in [-0.05, 0) is 12.1 Å².